The zero-order valence-electron chi connectivity index (χ0n) is 10.5. The average molecular weight is 279 g/mol. The first-order chi connectivity index (χ1) is 9.56. The van der Waals surface area contributed by atoms with E-state index in [2.05, 4.69) is 0 Å². The molecular formula is C15H12F3NO. The summed E-state index contributed by atoms with van der Waals surface area (Å²) in [6.07, 6.45) is 0.740. The Labute approximate surface area is 114 Å². The number of nitrogens with two attached hydrogens (primary N) is 1. The third-order valence-corrected chi connectivity index (χ3v) is 3.43. The van der Waals surface area contributed by atoms with Crippen LogP contribution in [0.1, 0.15) is 22.7 Å². The molecule has 0 saturated carbocycles. The summed E-state index contributed by atoms with van der Waals surface area (Å²) in [6, 6.07) is 5.45. The van der Waals surface area contributed by atoms with Gasteiger partial charge in [0.15, 0.2) is 0 Å². The quantitative estimate of drug-likeness (QED) is 0.917. The Bertz CT molecular complexity index is 649. The zero-order valence-corrected chi connectivity index (χ0v) is 10.5. The average Bonchev–Trinajstić information content (AvgIpc) is 2.84. The van der Waals surface area contributed by atoms with Gasteiger partial charge in [0.1, 0.15) is 23.2 Å². The maximum atomic E-state index is 13.7. The summed E-state index contributed by atoms with van der Waals surface area (Å²) >= 11 is 0. The van der Waals surface area contributed by atoms with E-state index in [0.717, 1.165) is 17.7 Å². The van der Waals surface area contributed by atoms with Crippen LogP contribution in [0.2, 0.25) is 0 Å². The van der Waals surface area contributed by atoms with Crippen LogP contribution < -0.4 is 10.5 Å². The van der Waals surface area contributed by atoms with Crippen LogP contribution in [0.15, 0.2) is 30.3 Å². The maximum Gasteiger partial charge on any atom is 0.134 e. The number of ether oxygens (including phenoxy) is 1. The van der Waals surface area contributed by atoms with Gasteiger partial charge in [-0.15, -0.1) is 0 Å². The molecule has 1 aliphatic rings. The van der Waals surface area contributed by atoms with Crippen LogP contribution in [-0.4, -0.2) is 6.61 Å². The first kappa shape index (κ1) is 13.0. The normalized spacial score (nSPS) is 14.8. The lowest BCUT2D eigenvalue weighted by Gasteiger charge is -2.15. The van der Waals surface area contributed by atoms with Gasteiger partial charge < -0.3 is 10.5 Å². The molecule has 20 heavy (non-hydrogen) atoms. The van der Waals surface area contributed by atoms with E-state index in [1.165, 1.54) is 0 Å². The summed E-state index contributed by atoms with van der Waals surface area (Å²) in [5, 5.41) is 0. The van der Waals surface area contributed by atoms with Crippen molar-refractivity contribution >= 4 is 0 Å². The predicted molar refractivity (Wildman–Crippen MR) is 68.0 cm³/mol. The topological polar surface area (TPSA) is 35.2 Å². The number of hydrogen-bond acceptors (Lipinski definition) is 2. The Kier molecular flexibility index (Phi) is 3.14. The van der Waals surface area contributed by atoms with Crippen LogP contribution in [0.4, 0.5) is 13.2 Å². The molecule has 0 spiro atoms. The van der Waals surface area contributed by atoms with Crippen LogP contribution >= 0.6 is 0 Å². The van der Waals surface area contributed by atoms with Crippen molar-refractivity contribution < 1.29 is 17.9 Å². The van der Waals surface area contributed by atoms with Crippen molar-refractivity contribution in [3.05, 3.63) is 64.5 Å². The molecule has 0 aliphatic carbocycles. The summed E-state index contributed by atoms with van der Waals surface area (Å²) in [5.41, 5.74) is 7.12. The lowest BCUT2D eigenvalue weighted by atomic mass is 9.96. The lowest BCUT2D eigenvalue weighted by molar-refractivity contribution is 0.357. The highest BCUT2D eigenvalue weighted by atomic mass is 19.1. The van der Waals surface area contributed by atoms with Crippen LogP contribution in [0.25, 0.3) is 0 Å². The molecule has 0 aromatic heterocycles. The SMILES string of the molecule is NC(c1ccc2c(c1)CCO2)c1c(F)cc(F)cc1F. The van der Waals surface area contributed by atoms with Crippen molar-refractivity contribution in [1.29, 1.82) is 0 Å². The van der Waals surface area contributed by atoms with Crippen molar-refractivity contribution in [3.8, 4) is 5.75 Å². The van der Waals surface area contributed by atoms with Gasteiger partial charge in [-0.25, -0.2) is 13.2 Å². The monoisotopic (exact) mass is 279 g/mol. The first-order valence-electron chi connectivity index (χ1n) is 6.22. The standard InChI is InChI=1S/C15H12F3NO/c16-10-6-11(17)14(12(18)7-10)15(19)9-1-2-13-8(5-9)3-4-20-13/h1-2,5-7,15H,3-4,19H2. The molecule has 2 nitrogen and oxygen atoms in total. The minimum atomic E-state index is -0.985. The highest BCUT2D eigenvalue weighted by Gasteiger charge is 2.21. The van der Waals surface area contributed by atoms with E-state index in [1.54, 1.807) is 18.2 Å². The minimum absolute atomic E-state index is 0.328. The molecule has 0 saturated heterocycles. The molecule has 0 radical (unpaired) electrons. The van der Waals surface area contributed by atoms with Crippen molar-refractivity contribution in [2.24, 2.45) is 5.73 Å². The molecule has 1 heterocycles. The van der Waals surface area contributed by atoms with E-state index in [0.29, 0.717) is 24.3 Å². The highest BCUT2D eigenvalue weighted by molar-refractivity contribution is 5.43. The summed E-state index contributed by atoms with van der Waals surface area (Å²) in [5.74, 6) is -2.15. The zero-order chi connectivity index (χ0) is 14.3. The van der Waals surface area contributed by atoms with Gasteiger partial charge in [-0.05, 0) is 17.2 Å². The molecule has 3 rings (SSSR count). The van der Waals surface area contributed by atoms with Crippen LogP contribution in [0.5, 0.6) is 5.75 Å². The Morgan fingerprint density at radius 3 is 2.45 bits per heavy atom. The molecule has 2 N–H and O–H groups in total. The van der Waals surface area contributed by atoms with Gasteiger partial charge >= 0.3 is 0 Å². The number of hydrogen-bond donors (Lipinski definition) is 1. The first-order valence-corrected chi connectivity index (χ1v) is 6.22. The molecule has 1 aliphatic heterocycles. The third-order valence-electron chi connectivity index (χ3n) is 3.43. The number of fused-ring (bicyclic) bond motifs is 1. The smallest absolute Gasteiger partial charge is 0.134 e. The largest absolute Gasteiger partial charge is 0.493 e. The maximum absolute atomic E-state index is 13.7. The summed E-state index contributed by atoms with van der Waals surface area (Å²) in [4.78, 5) is 0. The minimum Gasteiger partial charge on any atom is -0.493 e. The number of benzene rings is 2. The lowest BCUT2D eigenvalue weighted by Crippen LogP contribution is -2.16. The van der Waals surface area contributed by atoms with Gasteiger partial charge in [0.2, 0.25) is 0 Å². The van der Waals surface area contributed by atoms with Crippen LogP contribution in [0, 0.1) is 17.5 Å². The third kappa shape index (κ3) is 2.14. The van der Waals surface area contributed by atoms with E-state index in [1.807, 2.05) is 0 Å². The summed E-state index contributed by atoms with van der Waals surface area (Å²) in [6.45, 7) is 0.591. The highest BCUT2D eigenvalue weighted by Crippen LogP contribution is 2.31. The second-order valence-electron chi connectivity index (χ2n) is 4.73. The molecule has 0 fully saturated rings. The van der Waals surface area contributed by atoms with Gasteiger partial charge in [0.05, 0.1) is 12.6 Å². The van der Waals surface area contributed by atoms with Gasteiger partial charge in [0.25, 0.3) is 0 Å². The van der Waals surface area contributed by atoms with Gasteiger partial charge in [-0.1, -0.05) is 12.1 Å². The fraction of sp³-hybridized carbons (Fsp3) is 0.200. The molecule has 5 heteroatoms. The Balaban J connectivity index is 2.03. The van der Waals surface area contributed by atoms with E-state index < -0.39 is 23.5 Å². The summed E-state index contributed by atoms with van der Waals surface area (Å²) < 4.78 is 45.8. The fourth-order valence-corrected chi connectivity index (χ4v) is 2.42. The molecule has 2 aromatic rings. The predicted octanol–water partition coefficient (Wildman–Crippen LogP) is 3.09. The van der Waals surface area contributed by atoms with E-state index in [9.17, 15) is 13.2 Å². The number of halogens is 3. The molecule has 1 atom stereocenters. The molecule has 104 valence electrons. The van der Waals surface area contributed by atoms with E-state index in [4.69, 9.17) is 10.5 Å². The summed E-state index contributed by atoms with van der Waals surface area (Å²) in [7, 11) is 0. The second-order valence-corrected chi connectivity index (χ2v) is 4.73. The molecule has 0 amide bonds. The van der Waals surface area contributed by atoms with Crippen molar-refractivity contribution in [2.45, 2.75) is 12.5 Å². The van der Waals surface area contributed by atoms with E-state index in [-0.39, 0.29) is 5.56 Å². The van der Waals surface area contributed by atoms with Gasteiger partial charge in [-0.3, -0.25) is 0 Å². The Morgan fingerprint density at radius 1 is 1.05 bits per heavy atom. The van der Waals surface area contributed by atoms with Crippen molar-refractivity contribution in [3.63, 3.8) is 0 Å². The number of rotatable bonds is 2. The molecule has 0 bridgehead atoms. The Hall–Kier alpha value is -2.01. The van der Waals surface area contributed by atoms with Crippen LogP contribution in [0.3, 0.4) is 0 Å². The van der Waals surface area contributed by atoms with Crippen LogP contribution in [-0.2, 0) is 6.42 Å². The van der Waals surface area contributed by atoms with Gasteiger partial charge in [-0.2, -0.15) is 0 Å². The fourth-order valence-electron chi connectivity index (χ4n) is 2.42. The second kappa shape index (κ2) is 4.83. The van der Waals surface area contributed by atoms with Crippen molar-refractivity contribution in [2.75, 3.05) is 6.61 Å². The Morgan fingerprint density at radius 2 is 1.75 bits per heavy atom. The molecule has 1 unspecified atom stereocenters. The van der Waals surface area contributed by atoms with E-state index >= 15 is 0 Å². The molecule has 2 aromatic carbocycles. The molecular weight excluding hydrogens is 267 g/mol. The van der Waals surface area contributed by atoms with Crippen molar-refractivity contribution in [1.82, 2.24) is 0 Å². The van der Waals surface area contributed by atoms with Gasteiger partial charge in [0, 0.05) is 24.1 Å².